The second-order valence-corrected chi connectivity index (χ2v) is 6.80. The summed E-state index contributed by atoms with van der Waals surface area (Å²) >= 11 is 11.7. The maximum absolute atomic E-state index is 12.2. The average molecular weight is 362 g/mol. The molecule has 0 bridgehead atoms. The number of benzene rings is 1. The summed E-state index contributed by atoms with van der Waals surface area (Å²) in [6, 6.07) is 4.04. The number of hydrogen-bond acceptors (Lipinski definition) is 3. The predicted molar refractivity (Wildman–Crippen MR) is 86.4 cm³/mol. The van der Waals surface area contributed by atoms with Crippen LogP contribution in [0.1, 0.15) is 26.2 Å². The quantitative estimate of drug-likeness (QED) is 0.783. The van der Waals surface area contributed by atoms with Crippen LogP contribution < -0.4 is 10.5 Å². The van der Waals surface area contributed by atoms with Gasteiger partial charge in [0.15, 0.2) is 0 Å². The minimum Gasteiger partial charge on any atom is -0.329 e. The molecule has 4 nitrogen and oxygen atoms in total. The fraction of sp³-hybridized carbons (Fsp3) is 0.500. The molecule has 1 atom stereocenters. The number of nitrogens with two attached hydrogens (primary N) is 1. The minimum atomic E-state index is -3.70. The number of halogens is 3. The molecular weight excluding hydrogens is 343 g/mol. The molecule has 8 heteroatoms. The third-order valence-electron chi connectivity index (χ3n) is 2.70. The second kappa shape index (κ2) is 9.07. The highest BCUT2D eigenvalue weighted by Gasteiger charge is 2.21. The lowest BCUT2D eigenvalue weighted by Crippen LogP contribution is -2.40. The zero-order valence-electron chi connectivity index (χ0n) is 11.1. The topological polar surface area (TPSA) is 72.2 Å². The Morgan fingerprint density at radius 1 is 1.35 bits per heavy atom. The minimum absolute atomic E-state index is 0. The summed E-state index contributed by atoms with van der Waals surface area (Å²) in [5.41, 5.74) is 5.58. The third kappa shape index (κ3) is 5.76. The van der Waals surface area contributed by atoms with Crippen molar-refractivity contribution in [3.05, 3.63) is 28.2 Å². The van der Waals surface area contributed by atoms with Crippen LogP contribution >= 0.6 is 35.6 Å². The lowest BCUT2D eigenvalue weighted by Gasteiger charge is -2.17. The Morgan fingerprint density at radius 2 is 2.00 bits per heavy atom. The molecule has 0 radical (unpaired) electrons. The first kappa shape index (κ1) is 20.0. The molecule has 0 saturated heterocycles. The number of sulfonamides is 1. The Morgan fingerprint density at radius 3 is 2.55 bits per heavy atom. The van der Waals surface area contributed by atoms with Gasteiger partial charge in [-0.25, -0.2) is 13.1 Å². The van der Waals surface area contributed by atoms with Crippen LogP contribution in [0, 0.1) is 0 Å². The van der Waals surface area contributed by atoms with Crippen molar-refractivity contribution in [2.24, 2.45) is 5.73 Å². The first-order chi connectivity index (χ1) is 8.90. The third-order valence-corrected chi connectivity index (χ3v) is 4.93. The van der Waals surface area contributed by atoms with Gasteiger partial charge in [0.1, 0.15) is 4.90 Å². The number of hydrogen-bond donors (Lipinski definition) is 2. The molecule has 0 amide bonds. The van der Waals surface area contributed by atoms with Crippen molar-refractivity contribution < 1.29 is 8.42 Å². The second-order valence-electron chi connectivity index (χ2n) is 4.27. The van der Waals surface area contributed by atoms with Crippen molar-refractivity contribution in [3.63, 3.8) is 0 Å². The van der Waals surface area contributed by atoms with Gasteiger partial charge in [0.2, 0.25) is 10.0 Å². The van der Waals surface area contributed by atoms with Gasteiger partial charge in [-0.15, -0.1) is 12.4 Å². The molecule has 3 N–H and O–H groups in total. The van der Waals surface area contributed by atoms with E-state index in [9.17, 15) is 8.42 Å². The van der Waals surface area contributed by atoms with Gasteiger partial charge in [0.25, 0.3) is 0 Å². The fourth-order valence-electron chi connectivity index (χ4n) is 1.64. The molecule has 1 aromatic rings. The molecule has 0 saturated carbocycles. The first-order valence-electron chi connectivity index (χ1n) is 6.08. The van der Waals surface area contributed by atoms with Crippen molar-refractivity contribution in [2.45, 2.75) is 37.1 Å². The van der Waals surface area contributed by atoms with E-state index in [1.54, 1.807) is 6.07 Å². The van der Waals surface area contributed by atoms with Crippen molar-refractivity contribution in [2.75, 3.05) is 6.54 Å². The van der Waals surface area contributed by atoms with Crippen LogP contribution in [0.2, 0.25) is 10.0 Å². The van der Waals surface area contributed by atoms with Gasteiger partial charge in [0, 0.05) is 17.6 Å². The molecule has 20 heavy (non-hydrogen) atoms. The van der Waals surface area contributed by atoms with Crippen LogP contribution in [0.15, 0.2) is 23.1 Å². The van der Waals surface area contributed by atoms with E-state index in [4.69, 9.17) is 28.9 Å². The molecule has 1 rings (SSSR count). The van der Waals surface area contributed by atoms with Crippen LogP contribution in [0.25, 0.3) is 0 Å². The molecule has 1 aromatic carbocycles. The molecule has 0 heterocycles. The van der Waals surface area contributed by atoms with Crippen LogP contribution in [0.5, 0.6) is 0 Å². The van der Waals surface area contributed by atoms with Gasteiger partial charge < -0.3 is 5.73 Å². The van der Waals surface area contributed by atoms with Crippen molar-refractivity contribution >= 4 is 45.6 Å². The Hall–Kier alpha value is -0.0400. The standard InChI is InChI=1S/C12H18Cl2N2O2S.ClH/c1-2-3-4-10(8-15)16-19(17,18)12-7-9(13)5-6-11(12)14;/h5-7,10,16H,2-4,8,15H2,1H3;1H. The van der Waals surface area contributed by atoms with Gasteiger partial charge in [-0.2, -0.15) is 0 Å². The van der Waals surface area contributed by atoms with Crippen LogP contribution in [0.3, 0.4) is 0 Å². The van der Waals surface area contributed by atoms with Crippen molar-refractivity contribution in [1.29, 1.82) is 0 Å². The van der Waals surface area contributed by atoms with Gasteiger partial charge >= 0.3 is 0 Å². The fourth-order valence-corrected chi connectivity index (χ4v) is 3.69. The molecule has 0 aliphatic heterocycles. The Balaban J connectivity index is 0.00000361. The highest BCUT2D eigenvalue weighted by Crippen LogP contribution is 2.25. The number of unbranched alkanes of at least 4 members (excludes halogenated alkanes) is 1. The maximum atomic E-state index is 12.2. The largest absolute Gasteiger partial charge is 0.329 e. The predicted octanol–water partition coefficient (Wildman–Crippen LogP) is 3.21. The van der Waals surface area contributed by atoms with Crippen LogP contribution in [-0.2, 0) is 10.0 Å². The van der Waals surface area contributed by atoms with Gasteiger partial charge in [0.05, 0.1) is 5.02 Å². The molecule has 0 aromatic heterocycles. The highest BCUT2D eigenvalue weighted by atomic mass is 35.5. The molecular formula is C12H19Cl3N2O2S. The monoisotopic (exact) mass is 360 g/mol. The van der Waals surface area contributed by atoms with Gasteiger partial charge in [-0.1, -0.05) is 43.0 Å². The number of rotatable bonds is 7. The molecule has 0 aliphatic carbocycles. The zero-order chi connectivity index (χ0) is 14.5. The summed E-state index contributed by atoms with van der Waals surface area (Å²) in [7, 11) is -3.70. The first-order valence-corrected chi connectivity index (χ1v) is 8.32. The van der Waals surface area contributed by atoms with E-state index in [1.165, 1.54) is 12.1 Å². The highest BCUT2D eigenvalue weighted by molar-refractivity contribution is 7.89. The van der Waals surface area contributed by atoms with E-state index in [-0.39, 0.29) is 34.9 Å². The Labute approximate surface area is 136 Å². The van der Waals surface area contributed by atoms with E-state index >= 15 is 0 Å². The summed E-state index contributed by atoms with van der Waals surface area (Å²) in [4.78, 5) is -0.0170. The Kier molecular flexibility index (Phi) is 9.06. The SMILES string of the molecule is CCCCC(CN)NS(=O)(=O)c1cc(Cl)ccc1Cl.Cl. The van der Waals surface area contributed by atoms with Gasteiger partial charge in [-0.3, -0.25) is 0 Å². The van der Waals surface area contributed by atoms with Crippen molar-refractivity contribution in [3.8, 4) is 0 Å². The molecule has 0 spiro atoms. The molecule has 1 unspecified atom stereocenters. The lowest BCUT2D eigenvalue weighted by atomic mass is 10.1. The zero-order valence-corrected chi connectivity index (χ0v) is 14.2. The summed E-state index contributed by atoms with van der Waals surface area (Å²) in [5, 5.41) is 0.464. The van der Waals surface area contributed by atoms with E-state index in [0.29, 0.717) is 11.4 Å². The van der Waals surface area contributed by atoms with Crippen LogP contribution in [-0.4, -0.2) is 21.0 Å². The summed E-state index contributed by atoms with van der Waals surface area (Å²) in [6.07, 6.45) is 2.59. The summed E-state index contributed by atoms with van der Waals surface area (Å²) in [5.74, 6) is 0. The smallest absolute Gasteiger partial charge is 0.242 e. The molecule has 116 valence electrons. The van der Waals surface area contributed by atoms with E-state index in [2.05, 4.69) is 4.72 Å². The summed E-state index contributed by atoms with van der Waals surface area (Å²) < 4.78 is 27.0. The van der Waals surface area contributed by atoms with E-state index in [1.807, 2.05) is 6.92 Å². The molecule has 0 aliphatic rings. The van der Waals surface area contributed by atoms with Gasteiger partial charge in [-0.05, 0) is 24.6 Å². The van der Waals surface area contributed by atoms with Crippen molar-refractivity contribution in [1.82, 2.24) is 4.72 Å². The van der Waals surface area contributed by atoms with E-state index < -0.39 is 10.0 Å². The number of nitrogens with one attached hydrogen (secondary N) is 1. The van der Waals surface area contributed by atoms with Crippen LogP contribution in [0.4, 0.5) is 0 Å². The maximum Gasteiger partial charge on any atom is 0.242 e. The molecule has 0 fully saturated rings. The average Bonchev–Trinajstić information content (AvgIpc) is 2.37. The summed E-state index contributed by atoms with van der Waals surface area (Å²) in [6.45, 7) is 2.29. The Bertz CT molecular complexity index is 523. The lowest BCUT2D eigenvalue weighted by molar-refractivity contribution is 0.516. The normalized spacial score (nSPS) is 12.8. The van der Waals surface area contributed by atoms with E-state index in [0.717, 1.165) is 12.8 Å².